The Bertz CT molecular complexity index is 1610. The lowest BCUT2D eigenvalue weighted by Gasteiger charge is -2.48. The minimum Gasteiger partial charge on any atom is -0.504 e. The van der Waals surface area contributed by atoms with Gasteiger partial charge in [-0.05, 0) is 54.8 Å². The topological polar surface area (TPSA) is 324 Å². The summed E-state index contributed by atoms with van der Waals surface area (Å²) in [7, 11) is 0. The van der Waals surface area contributed by atoms with E-state index in [-0.39, 0.29) is 30.1 Å². The number of carbonyl (C=O) groups excluding carboxylic acids is 1. The van der Waals surface area contributed by atoms with Crippen molar-refractivity contribution < 1.29 is 99.2 Å². The average Bonchev–Trinajstić information content (AvgIpc) is 3.16. The molecule has 0 unspecified atom stereocenters. The molecule has 55 heavy (non-hydrogen) atoms. The molecular weight excluding hydrogens is 740 g/mol. The van der Waals surface area contributed by atoms with E-state index in [1.165, 1.54) is 49.4 Å². The number of benzene rings is 2. The third kappa shape index (κ3) is 9.82. The highest BCUT2D eigenvalue weighted by Crippen LogP contribution is 2.34. The molecule has 3 fully saturated rings. The smallest absolute Gasteiger partial charge is 0.331 e. The van der Waals surface area contributed by atoms with Crippen LogP contribution in [0.5, 0.6) is 23.0 Å². The Morgan fingerprint density at radius 3 is 1.91 bits per heavy atom. The van der Waals surface area contributed by atoms with Crippen molar-refractivity contribution in [2.24, 2.45) is 0 Å². The third-order valence-corrected chi connectivity index (χ3v) is 9.38. The monoisotopic (exact) mass is 786 g/mol. The summed E-state index contributed by atoms with van der Waals surface area (Å²) < 4.78 is 39.8. The Labute approximate surface area is 313 Å². The van der Waals surface area contributed by atoms with Gasteiger partial charge >= 0.3 is 5.97 Å². The van der Waals surface area contributed by atoms with E-state index in [1.54, 1.807) is 0 Å². The van der Waals surface area contributed by atoms with Crippen LogP contribution >= 0.6 is 0 Å². The van der Waals surface area contributed by atoms with Crippen molar-refractivity contribution >= 4 is 12.0 Å². The zero-order valence-electron chi connectivity index (χ0n) is 29.2. The average molecular weight is 787 g/mol. The van der Waals surface area contributed by atoms with Gasteiger partial charge in [0.1, 0.15) is 61.0 Å². The molecule has 0 radical (unpaired) electrons. The first-order chi connectivity index (χ1) is 26.1. The molecule has 3 aliphatic rings. The molecule has 3 heterocycles. The number of ether oxygens (including phenoxy) is 7. The number of hydrogen-bond acceptors (Lipinski definition) is 20. The van der Waals surface area contributed by atoms with E-state index in [9.17, 15) is 66.1 Å². The van der Waals surface area contributed by atoms with Crippen LogP contribution in [0, 0.1) is 0 Å². The van der Waals surface area contributed by atoms with Crippen LogP contribution in [-0.2, 0) is 44.4 Å². The van der Waals surface area contributed by atoms with E-state index in [0.717, 1.165) is 6.08 Å². The summed E-state index contributed by atoms with van der Waals surface area (Å²) in [6, 6.07) is 7.82. The molecule has 20 heteroatoms. The molecule has 2 aromatic rings. The maximum absolute atomic E-state index is 13.0. The van der Waals surface area contributed by atoms with Crippen molar-refractivity contribution in [1.29, 1.82) is 0 Å². The zero-order valence-corrected chi connectivity index (χ0v) is 29.2. The second-order valence-electron chi connectivity index (χ2n) is 13.2. The second-order valence-corrected chi connectivity index (χ2v) is 13.2. The molecule has 306 valence electrons. The van der Waals surface area contributed by atoms with Gasteiger partial charge < -0.3 is 94.4 Å². The van der Waals surface area contributed by atoms with Gasteiger partial charge in [0.05, 0.1) is 25.9 Å². The largest absolute Gasteiger partial charge is 0.504 e. The van der Waals surface area contributed by atoms with Gasteiger partial charge in [-0.15, -0.1) is 0 Å². The van der Waals surface area contributed by atoms with Crippen LogP contribution < -0.4 is 0 Å². The highest BCUT2D eigenvalue weighted by Gasteiger charge is 2.54. The van der Waals surface area contributed by atoms with Crippen LogP contribution in [0.3, 0.4) is 0 Å². The van der Waals surface area contributed by atoms with Gasteiger partial charge in [-0.25, -0.2) is 4.79 Å². The highest BCUT2D eigenvalue weighted by molar-refractivity contribution is 5.87. The number of aliphatic hydroxyl groups excluding tert-OH is 8. The first-order valence-corrected chi connectivity index (χ1v) is 17.2. The maximum atomic E-state index is 13.0. The van der Waals surface area contributed by atoms with Gasteiger partial charge in [0.2, 0.25) is 0 Å². The molecule has 3 aliphatic heterocycles. The predicted octanol–water partition coefficient (Wildman–Crippen LogP) is -3.19. The van der Waals surface area contributed by atoms with E-state index in [1.807, 2.05) is 0 Å². The number of aromatic hydroxyl groups is 4. The first kappa shape index (κ1) is 42.4. The van der Waals surface area contributed by atoms with Gasteiger partial charge in [0, 0.05) is 6.08 Å². The molecule has 0 aromatic heterocycles. The molecule has 20 nitrogen and oxygen atoms in total. The van der Waals surface area contributed by atoms with E-state index in [4.69, 9.17) is 33.2 Å². The molecule has 5 rings (SSSR count). The van der Waals surface area contributed by atoms with Crippen molar-refractivity contribution in [3.05, 3.63) is 53.6 Å². The molecule has 0 bridgehead atoms. The molecule has 3 saturated heterocycles. The number of esters is 1. The van der Waals surface area contributed by atoms with Crippen LogP contribution in [0.25, 0.3) is 6.08 Å². The van der Waals surface area contributed by atoms with Crippen molar-refractivity contribution in [2.45, 2.75) is 105 Å². The lowest BCUT2D eigenvalue weighted by Crippen LogP contribution is -2.66. The van der Waals surface area contributed by atoms with Crippen molar-refractivity contribution in [1.82, 2.24) is 0 Å². The molecule has 15 atom stereocenters. The summed E-state index contributed by atoms with van der Waals surface area (Å²) in [6.07, 6.45) is -22.4. The summed E-state index contributed by atoms with van der Waals surface area (Å²) in [5.41, 5.74) is 0.825. The standard InChI is InChI=1S/C35H46O20/c1-14-30(54-35-27(46)25(44)24(43)21(12-36)51-35)26(45)28(47)34(50-14)55-32-29(48)33(49-9-8-16-3-6-18(39)20(41)11-16)52-22(13-37)31(32)53-23(42)7-4-15-2-5-17(38)19(40)10-15/h2-7,10-11,14,21-22,24-41,43-48H,8-9,12-13H2,1H3/b7-4+/t14-,21+,22+,24+,25-,26-,27+,28+,29+,30-,31+,32+,33+,34-,35-/m0/s1. The number of rotatable bonds is 13. The Morgan fingerprint density at radius 1 is 0.655 bits per heavy atom. The molecule has 0 spiro atoms. The van der Waals surface area contributed by atoms with Crippen LogP contribution in [0.15, 0.2) is 42.5 Å². The second kappa shape index (κ2) is 18.5. The molecular formula is C35H46O20. The lowest BCUT2D eigenvalue weighted by molar-refractivity contribution is -0.376. The van der Waals surface area contributed by atoms with E-state index in [2.05, 4.69) is 0 Å². The Hall–Kier alpha value is -3.71. The zero-order chi connectivity index (χ0) is 40.1. The number of phenols is 4. The number of carbonyl (C=O) groups is 1. The molecule has 0 aliphatic carbocycles. The Morgan fingerprint density at radius 2 is 1.25 bits per heavy atom. The fourth-order valence-corrected chi connectivity index (χ4v) is 6.27. The van der Waals surface area contributed by atoms with E-state index in [0.29, 0.717) is 5.56 Å². The number of aliphatic hydroxyl groups is 8. The lowest BCUT2D eigenvalue weighted by atomic mass is 9.96. The summed E-state index contributed by atoms with van der Waals surface area (Å²) in [4.78, 5) is 13.0. The predicted molar refractivity (Wildman–Crippen MR) is 180 cm³/mol. The molecule has 0 saturated carbocycles. The van der Waals surface area contributed by atoms with Crippen LogP contribution in [-0.4, -0.2) is 179 Å². The summed E-state index contributed by atoms with van der Waals surface area (Å²) >= 11 is 0. The van der Waals surface area contributed by atoms with Crippen molar-refractivity contribution in [3.8, 4) is 23.0 Å². The molecule has 12 N–H and O–H groups in total. The van der Waals surface area contributed by atoms with Gasteiger partial charge in [0.15, 0.2) is 48.0 Å². The van der Waals surface area contributed by atoms with Gasteiger partial charge in [-0.3, -0.25) is 0 Å². The molecule has 0 amide bonds. The van der Waals surface area contributed by atoms with Crippen LogP contribution in [0.2, 0.25) is 0 Å². The third-order valence-electron chi connectivity index (χ3n) is 9.38. The van der Waals surface area contributed by atoms with Crippen LogP contribution in [0.4, 0.5) is 0 Å². The summed E-state index contributed by atoms with van der Waals surface area (Å²) in [6.45, 7) is -0.321. The van der Waals surface area contributed by atoms with E-state index >= 15 is 0 Å². The normalized spacial score (nSPS) is 36.9. The number of phenolic OH excluding ortho intramolecular Hbond substituents is 4. The van der Waals surface area contributed by atoms with Crippen molar-refractivity contribution in [3.63, 3.8) is 0 Å². The minimum absolute atomic E-state index is 0.140. The van der Waals surface area contributed by atoms with E-state index < -0.39 is 123 Å². The first-order valence-electron chi connectivity index (χ1n) is 17.2. The van der Waals surface area contributed by atoms with Gasteiger partial charge in [0.25, 0.3) is 0 Å². The summed E-state index contributed by atoms with van der Waals surface area (Å²) in [5, 5.41) is 123. The van der Waals surface area contributed by atoms with Gasteiger partial charge in [-0.1, -0.05) is 12.1 Å². The quantitative estimate of drug-likeness (QED) is 0.0541. The maximum Gasteiger partial charge on any atom is 0.331 e. The Balaban J connectivity index is 1.33. The fourth-order valence-electron chi connectivity index (χ4n) is 6.27. The Kier molecular flexibility index (Phi) is 14.3. The number of hydrogen-bond donors (Lipinski definition) is 12. The highest BCUT2D eigenvalue weighted by atomic mass is 16.8. The fraction of sp³-hybridized carbons (Fsp3) is 0.571. The SMILES string of the molecule is C[C@@H]1O[C@@H](O[C@@H]2[C@@H](O)[C@H](OCCc3ccc(O)c(O)c3)O[C@H](CO)[C@H]2OC(=O)/C=C/c2ccc(O)c(O)c2)[C@H](O)[C@H](O)[C@H]1O[C@@H]1O[C@H](CO)[C@@H](O)[C@H](O)[C@H]1O. The summed E-state index contributed by atoms with van der Waals surface area (Å²) in [5.74, 6) is -2.60. The minimum atomic E-state index is -1.96. The van der Waals surface area contributed by atoms with Crippen molar-refractivity contribution in [2.75, 3.05) is 19.8 Å². The molecule has 2 aromatic carbocycles. The van der Waals surface area contributed by atoms with Gasteiger partial charge in [-0.2, -0.15) is 0 Å². The van der Waals surface area contributed by atoms with Crippen LogP contribution in [0.1, 0.15) is 18.1 Å².